The Hall–Kier alpha value is -1.78. The van der Waals surface area contributed by atoms with Crippen molar-refractivity contribution < 1.29 is 13.9 Å². The molecule has 1 atom stereocenters. The van der Waals surface area contributed by atoms with Gasteiger partial charge in [-0.1, -0.05) is 0 Å². The second kappa shape index (κ2) is 12.3. The third-order valence-electron chi connectivity index (χ3n) is 6.53. The van der Waals surface area contributed by atoms with Crippen LogP contribution in [0.3, 0.4) is 0 Å². The summed E-state index contributed by atoms with van der Waals surface area (Å²) >= 11 is 6.05. The van der Waals surface area contributed by atoms with Gasteiger partial charge < -0.3 is 0 Å². The number of hydrogen-bond acceptors (Lipinski definition) is 7. The van der Waals surface area contributed by atoms with Gasteiger partial charge in [-0.2, -0.15) is 0 Å². The average molecular weight is 550 g/mol. The summed E-state index contributed by atoms with van der Waals surface area (Å²) in [6, 6.07) is 4.88. The second-order valence-corrected chi connectivity index (χ2v) is 12.7. The number of alkyl halides is 1. The topological polar surface area (TPSA) is 93.0 Å². The molecule has 0 aromatic carbocycles. The molecule has 0 bridgehead atoms. The number of aromatic nitrogens is 3. The summed E-state index contributed by atoms with van der Waals surface area (Å²) in [5, 5.41) is 13.5. The van der Waals surface area contributed by atoms with Crippen molar-refractivity contribution in [2.45, 2.75) is 49.3 Å². The van der Waals surface area contributed by atoms with Crippen molar-refractivity contribution in [3.8, 4) is 23.2 Å². The van der Waals surface area contributed by atoms with Crippen LogP contribution in [0, 0.1) is 16.7 Å². The molecule has 2 aromatic heterocycles. The van der Waals surface area contributed by atoms with Gasteiger partial charge in [0.1, 0.15) is 0 Å². The maximum atomic E-state index is 12.4. The number of rotatable bonds is 9. The zero-order valence-electron chi connectivity index (χ0n) is 19.1. The van der Waals surface area contributed by atoms with E-state index in [1.165, 1.54) is 0 Å². The van der Waals surface area contributed by atoms with E-state index >= 15 is 0 Å². The molecule has 2 aliphatic rings. The molecule has 7 nitrogen and oxygen atoms in total. The Morgan fingerprint density at radius 2 is 2.03 bits per heavy atom. The van der Waals surface area contributed by atoms with Gasteiger partial charge in [-0.25, -0.2) is 0 Å². The Kier molecular flexibility index (Phi) is 9.13. The molecular weight excluding hydrogens is 520 g/mol. The van der Waals surface area contributed by atoms with Crippen LogP contribution in [0.5, 0.6) is 5.88 Å². The Labute approximate surface area is 211 Å². The molecule has 1 aliphatic heterocycles. The summed E-state index contributed by atoms with van der Waals surface area (Å²) in [6.07, 6.45) is 10.7. The molecule has 1 N–H and O–H groups in total. The van der Waals surface area contributed by atoms with Gasteiger partial charge in [-0.3, -0.25) is 0 Å². The van der Waals surface area contributed by atoms with E-state index in [0.29, 0.717) is 59.9 Å². The first-order valence-corrected chi connectivity index (χ1v) is 14.4. The monoisotopic (exact) mass is 549 g/mol. The van der Waals surface area contributed by atoms with Crippen LogP contribution in [0.25, 0.3) is 11.3 Å². The number of ether oxygens (including phenoxy) is 2. The molecule has 0 amide bonds. The van der Waals surface area contributed by atoms with Crippen molar-refractivity contribution in [1.82, 2.24) is 20.3 Å². The SMILES string of the molecule is N#CC1(COc2cncc(-c3cc([AsH]C4CCC(NCCF)CC4)ncc3Cl)n2)CCOCC1. The van der Waals surface area contributed by atoms with Crippen LogP contribution < -0.4 is 14.5 Å². The van der Waals surface area contributed by atoms with Gasteiger partial charge in [-0.15, -0.1) is 0 Å². The molecule has 0 radical (unpaired) electrons. The number of hydrogen-bond donors (Lipinski definition) is 1. The number of pyridine rings is 1. The van der Waals surface area contributed by atoms with Gasteiger partial charge in [0.15, 0.2) is 0 Å². The second-order valence-electron chi connectivity index (χ2n) is 8.92. The van der Waals surface area contributed by atoms with Gasteiger partial charge in [0, 0.05) is 0 Å². The summed E-state index contributed by atoms with van der Waals surface area (Å²) in [6.45, 7) is 1.53. The summed E-state index contributed by atoms with van der Waals surface area (Å²) in [4.78, 5) is 13.5. The number of nitriles is 1. The zero-order valence-corrected chi connectivity index (χ0v) is 22.0. The number of nitrogens with one attached hydrogen (secondary N) is 1. The fraction of sp³-hybridized carbons (Fsp3) is 0.583. The molecule has 4 rings (SSSR count). The third kappa shape index (κ3) is 6.66. The molecule has 1 aliphatic carbocycles. The predicted molar refractivity (Wildman–Crippen MR) is 131 cm³/mol. The molecule has 2 fully saturated rings. The molecule has 3 heterocycles. The number of halogens is 2. The van der Waals surface area contributed by atoms with E-state index in [0.717, 1.165) is 35.7 Å². The zero-order chi connectivity index (χ0) is 23.8. The van der Waals surface area contributed by atoms with Gasteiger partial charge in [-0.05, 0) is 0 Å². The first kappa shape index (κ1) is 25.3. The van der Waals surface area contributed by atoms with E-state index in [-0.39, 0.29) is 13.3 Å². The van der Waals surface area contributed by atoms with E-state index in [2.05, 4.69) is 26.3 Å². The van der Waals surface area contributed by atoms with Crippen molar-refractivity contribution in [2.24, 2.45) is 5.41 Å². The van der Waals surface area contributed by atoms with E-state index < -0.39 is 21.2 Å². The molecule has 10 heteroatoms. The quantitative estimate of drug-likeness (QED) is 0.480. The van der Waals surface area contributed by atoms with Gasteiger partial charge in [0.25, 0.3) is 0 Å². The van der Waals surface area contributed by atoms with Crippen LogP contribution in [0.15, 0.2) is 24.7 Å². The Balaban J connectivity index is 1.40. The van der Waals surface area contributed by atoms with Crippen molar-refractivity contribution in [1.29, 1.82) is 5.26 Å². The van der Waals surface area contributed by atoms with Gasteiger partial charge >= 0.3 is 212 Å². The fourth-order valence-corrected chi connectivity index (χ4v) is 7.59. The normalized spacial score (nSPS) is 22.5. The molecule has 1 saturated heterocycles. The van der Waals surface area contributed by atoms with Gasteiger partial charge in [0.05, 0.1) is 0 Å². The summed E-state index contributed by atoms with van der Waals surface area (Å²) in [5.41, 5.74) is 0.880. The Morgan fingerprint density at radius 3 is 2.76 bits per heavy atom. The first-order chi connectivity index (χ1) is 16.6. The Bertz CT molecular complexity index is 994. The minimum atomic E-state index is -0.553. The molecule has 2 aromatic rings. The molecule has 0 spiro atoms. The van der Waals surface area contributed by atoms with Crippen LogP contribution in [-0.4, -0.2) is 69.8 Å². The van der Waals surface area contributed by atoms with E-state index in [4.69, 9.17) is 21.1 Å². The van der Waals surface area contributed by atoms with Crippen LogP contribution in [0.2, 0.25) is 9.73 Å². The van der Waals surface area contributed by atoms with E-state index in [1.807, 2.05) is 6.07 Å². The van der Waals surface area contributed by atoms with Crippen molar-refractivity contribution in [2.75, 3.05) is 33.0 Å². The molecule has 1 saturated carbocycles. The number of nitrogens with zero attached hydrogens (tertiary/aromatic N) is 4. The van der Waals surface area contributed by atoms with Crippen LogP contribution in [0.4, 0.5) is 4.39 Å². The summed E-state index contributed by atoms with van der Waals surface area (Å²) in [5.74, 6) is 0.378. The third-order valence-corrected chi connectivity index (χ3v) is 10.1. The Morgan fingerprint density at radius 1 is 1.24 bits per heavy atom. The van der Waals surface area contributed by atoms with Crippen LogP contribution >= 0.6 is 11.6 Å². The maximum absolute atomic E-state index is 12.4. The summed E-state index contributed by atoms with van der Waals surface area (Å²) in [7, 11) is 0. The van der Waals surface area contributed by atoms with Gasteiger partial charge in [0.2, 0.25) is 0 Å². The standard InChI is InChI=1S/C24H30AsClFN5O2/c26-20-12-31-22(25-17-1-3-18(4-2-17)30-8-7-27)11-19(20)21-13-29-14-23(32-21)34-16-24(15-28)5-9-33-10-6-24/h11-14,17-18,25,30H,1-10,16H2. The van der Waals surface area contributed by atoms with Crippen molar-refractivity contribution in [3.05, 3.63) is 29.7 Å². The van der Waals surface area contributed by atoms with Crippen molar-refractivity contribution >= 4 is 31.8 Å². The van der Waals surface area contributed by atoms with E-state index in [9.17, 15) is 9.65 Å². The van der Waals surface area contributed by atoms with Crippen molar-refractivity contribution in [3.63, 3.8) is 0 Å². The molecular formula is C24H30AsClFN5O2. The molecule has 34 heavy (non-hydrogen) atoms. The molecule has 182 valence electrons. The minimum absolute atomic E-state index is 0.259. The van der Waals surface area contributed by atoms with E-state index in [1.54, 1.807) is 18.6 Å². The fourth-order valence-electron chi connectivity index (χ4n) is 4.43. The average Bonchev–Trinajstić information content (AvgIpc) is 2.89. The first-order valence-electron chi connectivity index (χ1n) is 11.8. The molecule has 1 unspecified atom stereocenters. The van der Waals surface area contributed by atoms with Crippen LogP contribution in [-0.2, 0) is 4.74 Å². The summed E-state index contributed by atoms with van der Waals surface area (Å²) < 4.78 is 25.5. The van der Waals surface area contributed by atoms with Crippen LogP contribution in [0.1, 0.15) is 38.5 Å². The predicted octanol–water partition coefficient (Wildman–Crippen LogP) is 3.24.